The lowest BCUT2D eigenvalue weighted by Crippen LogP contribution is -2.15. The first kappa shape index (κ1) is 28.5. The van der Waals surface area contributed by atoms with E-state index in [-0.39, 0.29) is 11.8 Å². The molecule has 0 unspecified atom stereocenters. The number of aromatic amines is 1. The predicted molar refractivity (Wildman–Crippen MR) is 160 cm³/mol. The largest absolute Gasteiger partial charge is 0.370 e. The van der Waals surface area contributed by atoms with E-state index in [1.807, 2.05) is 30.5 Å². The predicted octanol–water partition coefficient (Wildman–Crippen LogP) is 5.68. The molecule has 5 rings (SSSR count). The number of carbonyl (C=O) groups excluding carboxylic acids is 2. The monoisotopic (exact) mass is 538 g/mol. The minimum Gasteiger partial charge on any atom is -0.370 e. The first-order valence-corrected chi connectivity index (χ1v) is 14.0. The molecule has 0 bridgehead atoms. The molecule has 0 fully saturated rings. The summed E-state index contributed by atoms with van der Waals surface area (Å²) in [6.07, 6.45) is 8.64. The van der Waals surface area contributed by atoms with E-state index in [1.165, 1.54) is 10.8 Å². The van der Waals surface area contributed by atoms with Gasteiger partial charge in [-0.05, 0) is 41.8 Å². The summed E-state index contributed by atoms with van der Waals surface area (Å²) in [6, 6.07) is 22.8. The van der Waals surface area contributed by atoms with Gasteiger partial charge < -0.3 is 21.0 Å². The van der Waals surface area contributed by atoms with Crippen LogP contribution in [-0.4, -0.2) is 31.3 Å². The van der Waals surface area contributed by atoms with Crippen molar-refractivity contribution < 1.29 is 9.59 Å². The first-order valence-electron chi connectivity index (χ1n) is 14.0. The minimum absolute atomic E-state index is 0.207. The summed E-state index contributed by atoms with van der Waals surface area (Å²) in [5, 5.41) is 2.48. The maximum absolute atomic E-state index is 10.8. The van der Waals surface area contributed by atoms with Gasteiger partial charge >= 0.3 is 0 Å². The molecule has 8 heteroatoms. The average Bonchev–Trinajstić information content (AvgIpc) is 3.58. The van der Waals surface area contributed by atoms with E-state index < -0.39 is 0 Å². The second-order valence-corrected chi connectivity index (χ2v) is 9.92. The minimum atomic E-state index is -0.278. The number of rotatable bonds is 12. The zero-order valence-electron chi connectivity index (χ0n) is 23.1. The fourth-order valence-corrected chi connectivity index (χ4v) is 4.81. The molecule has 40 heavy (non-hydrogen) atoms. The van der Waals surface area contributed by atoms with E-state index in [0.717, 1.165) is 72.5 Å². The van der Waals surface area contributed by atoms with Crippen LogP contribution in [0.5, 0.6) is 0 Å². The van der Waals surface area contributed by atoms with Crippen LogP contribution in [-0.2, 0) is 29.0 Å². The van der Waals surface area contributed by atoms with Crippen molar-refractivity contribution in [3.8, 4) is 11.3 Å². The summed E-state index contributed by atoms with van der Waals surface area (Å²) in [5.41, 5.74) is 14.6. The van der Waals surface area contributed by atoms with E-state index in [2.05, 4.69) is 68.9 Å². The van der Waals surface area contributed by atoms with Gasteiger partial charge in [0.15, 0.2) is 0 Å². The number of fused-ring (bicyclic) bond motifs is 2. The fourth-order valence-electron chi connectivity index (χ4n) is 4.81. The highest BCUT2D eigenvalue weighted by Gasteiger charge is 2.09. The number of unbranched alkanes of at least 4 members (excludes halogenated alkanes) is 3. The lowest BCUT2D eigenvalue weighted by molar-refractivity contribution is -0.119. The number of hydrogen-bond acceptors (Lipinski definition) is 4. The molecular formula is C32H38N6O2. The van der Waals surface area contributed by atoms with Crippen LogP contribution in [0.15, 0.2) is 72.9 Å². The van der Waals surface area contributed by atoms with E-state index in [1.54, 1.807) is 0 Å². The number of hydrogen-bond donors (Lipinski definition) is 3. The SMILES string of the molecule is CCc1nc2ccccc2n1CCC(N)=O.NC(=O)CCCCCCc1ncc(-c2ccc3ccccc3c2)[nH]1. The van der Waals surface area contributed by atoms with Gasteiger partial charge in [0, 0.05) is 37.8 Å². The molecule has 0 aliphatic carbocycles. The summed E-state index contributed by atoms with van der Waals surface area (Å²) >= 11 is 0. The molecule has 8 nitrogen and oxygen atoms in total. The number of aryl methyl sites for hydroxylation is 3. The molecule has 0 aliphatic rings. The number of aromatic nitrogens is 4. The average molecular weight is 539 g/mol. The van der Waals surface area contributed by atoms with Crippen LogP contribution in [0.4, 0.5) is 0 Å². The second-order valence-electron chi connectivity index (χ2n) is 9.92. The molecule has 0 atom stereocenters. The van der Waals surface area contributed by atoms with E-state index >= 15 is 0 Å². The van der Waals surface area contributed by atoms with Crippen LogP contribution < -0.4 is 11.5 Å². The highest BCUT2D eigenvalue weighted by Crippen LogP contribution is 2.23. The molecular weight excluding hydrogens is 500 g/mol. The molecule has 2 amide bonds. The number of amides is 2. The number of primary amides is 2. The Morgan fingerprint density at radius 2 is 1.57 bits per heavy atom. The highest BCUT2D eigenvalue weighted by molar-refractivity contribution is 5.86. The van der Waals surface area contributed by atoms with Gasteiger partial charge in [-0.1, -0.05) is 68.3 Å². The second kappa shape index (κ2) is 14.1. The smallest absolute Gasteiger partial charge is 0.219 e. The summed E-state index contributed by atoms with van der Waals surface area (Å²) in [4.78, 5) is 33.9. The zero-order chi connectivity index (χ0) is 28.3. The van der Waals surface area contributed by atoms with Crippen molar-refractivity contribution >= 4 is 33.6 Å². The van der Waals surface area contributed by atoms with Crippen molar-refractivity contribution in [2.24, 2.45) is 11.5 Å². The Morgan fingerprint density at radius 3 is 2.35 bits per heavy atom. The van der Waals surface area contributed by atoms with Crippen LogP contribution in [0.3, 0.4) is 0 Å². The van der Waals surface area contributed by atoms with Gasteiger partial charge in [-0.2, -0.15) is 0 Å². The molecule has 0 saturated heterocycles. The quantitative estimate of drug-likeness (QED) is 0.176. The van der Waals surface area contributed by atoms with Gasteiger partial charge in [0.25, 0.3) is 0 Å². The van der Waals surface area contributed by atoms with E-state index in [9.17, 15) is 9.59 Å². The Bertz CT molecular complexity index is 1570. The van der Waals surface area contributed by atoms with Gasteiger partial charge in [0.05, 0.1) is 22.9 Å². The summed E-state index contributed by atoms with van der Waals surface area (Å²) in [6.45, 7) is 2.67. The molecule has 2 aromatic heterocycles. The van der Waals surface area contributed by atoms with Crippen LogP contribution in [0, 0.1) is 0 Å². The van der Waals surface area contributed by atoms with Crippen molar-refractivity contribution in [1.82, 2.24) is 19.5 Å². The van der Waals surface area contributed by atoms with E-state index in [0.29, 0.717) is 19.4 Å². The van der Waals surface area contributed by atoms with Crippen molar-refractivity contribution in [2.45, 2.75) is 64.8 Å². The molecule has 0 spiro atoms. The number of imidazole rings is 2. The van der Waals surface area contributed by atoms with Gasteiger partial charge in [0.2, 0.25) is 11.8 Å². The topological polar surface area (TPSA) is 133 Å². The number of nitrogens with two attached hydrogens (primary N) is 2. The molecule has 0 aliphatic heterocycles. The molecule has 0 saturated carbocycles. The number of nitrogens with zero attached hydrogens (tertiary/aromatic N) is 3. The Labute approximate surface area is 234 Å². The van der Waals surface area contributed by atoms with Gasteiger partial charge in [-0.15, -0.1) is 0 Å². The van der Waals surface area contributed by atoms with Crippen LogP contribution in [0.2, 0.25) is 0 Å². The summed E-state index contributed by atoms with van der Waals surface area (Å²) in [5.74, 6) is 1.54. The molecule has 3 aromatic carbocycles. The Morgan fingerprint density at radius 1 is 0.850 bits per heavy atom. The third-order valence-corrected chi connectivity index (χ3v) is 6.91. The van der Waals surface area contributed by atoms with Gasteiger partial charge in [0.1, 0.15) is 11.6 Å². The number of H-pyrrole nitrogens is 1. The Balaban J connectivity index is 0.000000201. The Kier molecular flexibility index (Phi) is 10.0. The standard InChI is InChI=1S/C20H23N3O.C12H15N3O/c21-19(24)9-3-1-2-4-10-20-22-14-18(23-20)17-12-11-15-7-5-6-8-16(15)13-17;1-2-12-14-9-5-3-4-6-10(9)15(12)8-7-11(13)16/h5-8,11-14H,1-4,9-10H2,(H2,21,24)(H,22,23);3-6H,2,7-8H2,1H3,(H2,13,16). The molecule has 5 aromatic rings. The molecule has 0 radical (unpaired) electrons. The number of para-hydroxylation sites is 2. The summed E-state index contributed by atoms with van der Waals surface area (Å²) in [7, 11) is 0. The van der Waals surface area contributed by atoms with Crippen molar-refractivity contribution in [1.29, 1.82) is 0 Å². The molecule has 2 heterocycles. The van der Waals surface area contributed by atoms with Crippen molar-refractivity contribution in [3.63, 3.8) is 0 Å². The van der Waals surface area contributed by atoms with Crippen LogP contribution in [0.1, 0.15) is 57.1 Å². The lowest BCUT2D eigenvalue weighted by Gasteiger charge is -2.05. The lowest BCUT2D eigenvalue weighted by atomic mass is 10.1. The maximum Gasteiger partial charge on any atom is 0.219 e. The van der Waals surface area contributed by atoms with E-state index in [4.69, 9.17) is 11.5 Å². The fraction of sp³-hybridized carbons (Fsp3) is 0.312. The van der Waals surface area contributed by atoms with Gasteiger partial charge in [-0.25, -0.2) is 9.97 Å². The maximum atomic E-state index is 10.8. The van der Waals surface area contributed by atoms with Crippen molar-refractivity contribution in [2.75, 3.05) is 0 Å². The van der Waals surface area contributed by atoms with Crippen molar-refractivity contribution in [3.05, 3.63) is 84.6 Å². The zero-order valence-corrected chi connectivity index (χ0v) is 23.1. The molecule has 5 N–H and O–H groups in total. The van der Waals surface area contributed by atoms with Gasteiger partial charge in [-0.3, -0.25) is 9.59 Å². The highest BCUT2D eigenvalue weighted by atomic mass is 16.1. The van der Waals surface area contributed by atoms with Crippen LogP contribution >= 0.6 is 0 Å². The third kappa shape index (κ3) is 7.79. The molecule has 208 valence electrons. The number of benzene rings is 3. The number of nitrogens with one attached hydrogen (secondary N) is 1. The Hall–Kier alpha value is -4.46. The third-order valence-electron chi connectivity index (χ3n) is 6.91. The van der Waals surface area contributed by atoms with Crippen LogP contribution in [0.25, 0.3) is 33.1 Å². The number of carbonyl (C=O) groups is 2. The summed E-state index contributed by atoms with van der Waals surface area (Å²) < 4.78 is 2.07. The first-order chi connectivity index (χ1) is 19.4. The normalized spacial score (nSPS) is 10.9.